The molecular weight excluding hydrogens is 242 g/mol. The Labute approximate surface area is 114 Å². The number of nitrogens with one attached hydrogen (secondary N) is 2. The molecule has 0 aliphatic rings. The molecule has 0 aliphatic carbocycles. The Morgan fingerprint density at radius 3 is 2.68 bits per heavy atom. The number of amides is 1. The maximum absolute atomic E-state index is 11.9. The minimum atomic E-state index is -0.189. The molecule has 0 bridgehead atoms. The number of anilines is 1. The lowest BCUT2D eigenvalue weighted by atomic mass is 9.99. The van der Waals surface area contributed by atoms with E-state index >= 15 is 0 Å². The van der Waals surface area contributed by atoms with E-state index in [1.165, 1.54) is 12.8 Å². The maximum atomic E-state index is 11.9. The van der Waals surface area contributed by atoms with Crippen molar-refractivity contribution in [3.05, 3.63) is 17.8 Å². The number of unbranched alkanes of at least 4 members (excludes halogenated alkanes) is 1. The number of nitrogen functional groups attached to an aromatic ring is 1. The molecular formula is C13H23N5O. The molecule has 1 amide bonds. The van der Waals surface area contributed by atoms with Gasteiger partial charge in [0.05, 0.1) is 0 Å². The number of hydrazine groups is 1. The summed E-state index contributed by atoms with van der Waals surface area (Å²) in [7, 11) is 0. The average molecular weight is 265 g/mol. The fourth-order valence-corrected chi connectivity index (χ4v) is 1.80. The zero-order valence-corrected chi connectivity index (χ0v) is 11.6. The van der Waals surface area contributed by atoms with Crippen molar-refractivity contribution in [1.29, 1.82) is 0 Å². The molecule has 1 heterocycles. The molecule has 1 atom stereocenters. The van der Waals surface area contributed by atoms with Gasteiger partial charge in [-0.2, -0.15) is 0 Å². The molecule has 0 aromatic carbocycles. The normalized spacial score (nSPS) is 11.9. The van der Waals surface area contributed by atoms with E-state index in [-0.39, 0.29) is 5.91 Å². The highest BCUT2D eigenvalue weighted by molar-refractivity contribution is 5.92. The minimum Gasteiger partial charge on any atom is -0.350 e. The Bertz CT molecular complexity index is 379. The van der Waals surface area contributed by atoms with Crippen LogP contribution in [-0.2, 0) is 0 Å². The van der Waals surface area contributed by atoms with Gasteiger partial charge < -0.3 is 10.7 Å². The standard InChI is InChI=1S/C13H23N5O/c1-3-5-6-10(4-2)9-15-13(19)11-7-8-12(16-14)18-17-11/h7-8,10H,3-6,9,14H2,1-2H3,(H,15,19)(H,16,18). The van der Waals surface area contributed by atoms with Gasteiger partial charge in [0.15, 0.2) is 11.5 Å². The Balaban J connectivity index is 2.44. The lowest BCUT2D eigenvalue weighted by Crippen LogP contribution is -2.30. The molecule has 1 aromatic heterocycles. The molecule has 0 fully saturated rings. The average Bonchev–Trinajstić information content (AvgIpc) is 2.47. The molecule has 1 rings (SSSR count). The van der Waals surface area contributed by atoms with Crippen LogP contribution in [-0.4, -0.2) is 22.6 Å². The molecule has 0 saturated heterocycles. The van der Waals surface area contributed by atoms with Gasteiger partial charge in [0, 0.05) is 6.54 Å². The van der Waals surface area contributed by atoms with Crippen molar-refractivity contribution >= 4 is 11.7 Å². The number of nitrogens with two attached hydrogens (primary N) is 1. The molecule has 4 N–H and O–H groups in total. The van der Waals surface area contributed by atoms with Crippen molar-refractivity contribution in [1.82, 2.24) is 15.5 Å². The predicted octanol–water partition coefficient (Wildman–Crippen LogP) is 1.71. The van der Waals surface area contributed by atoms with Crippen molar-refractivity contribution in [2.24, 2.45) is 11.8 Å². The van der Waals surface area contributed by atoms with Gasteiger partial charge in [0.25, 0.3) is 5.91 Å². The molecule has 19 heavy (non-hydrogen) atoms. The highest BCUT2D eigenvalue weighted by atomic mass is 16.1. The first-order valence-corrected chi connectivity index (χ1v) is 6.79. The second-order valence-corrected chi connectivity index (χ2v) is 4.57. The smallest absolute Gasteiger partial charge is 0.271 e. The van der Waals surface area contributed by atoms with E-state index in [9.17, 15) is 4.79 Å². The van der Waals surface area contributed by atoms with Crippen molar-refractivity contribution in [2.75, 3.05) is 12.0 Å². The zero-order chi connectivity index (χ0) is 14.1. The van der Waals surface area contributed by atoms with Crippen LogP contribution in [0.15, 0.2) is 12.1 Å². The van der Waals surface area contributed by atoms with Gasteiger partial charge in [-0.25, -0.2) is 5.84 Å². The first-order valence-electron chi connectivity index (χ1n) is 6.79. The third-order valence-electron chi connectivity index (χ3n) is 3.14. The highest BCUT2D eigenvalue weighted by Crippen LogP contribution is 2.11. The maximum Gasteiger partial charge on any atom is 0.271 e. The summed E-state index contributed by atoms with van der Waals surface area (Å²) >= 11 is 0. The van der Waals surface area contributed by atoms with E-state index < -0.39 is 0 Å². The quantitative estimate of drug-likeness (QED) is 0.491. The number of aromatic nitrogens is 2. The molecule has 1 unspecified atom stereocenters. The van der Waals surface area contributed by atoms with Crippen LogP contribution in [0.3, 0.4) is 0 Å². The molecule has 0 aliphatic heterocycles. The molecule has 6 nitrogen and oxygen atoms in total. The summed E-state index contributed by atoms with van der Waals surface area (Å²) in [6, 6.07) is 3.22. The van der Waals surface area contributed by atoms with E-state index in [2.05, 4.69) is 34.8 Å². The minimum absolute atomic E-state index is 0.189. The third-order valence-corrected chi connectivity index (χ3v) is 3.14. The van der Waals surface area contributed by atoms with E-state index in [0.717, 1.165) is 12.8 Å². The summed E-state index contributed by atoms with van der Waals surface area (Å²) in [5, 5.41) is 10.5. The van der Waals surface area contributed by atoms with Gasteiger partial charge in [0.2, 0.25) is 0 Å². The number of nitrogens with zero attached hydrogens (tertiary/aromatic N) is 2. The largest absolute Gasteiger partial charge is 0.350 e. The molecule has 106 valence electrons. The second-order valence-electron chi connectivity index (χ2n) is 4.57. The van der Waals surface area contributed by atoms with Crippen LogP contribution in [0.5, 0.6) is 0 Å². The molecule has 0 spiro atoms. The van der Waals surface area contributed by atoms with Crippen LogP contribution in [0.2, 0.25) is 0 Å². The fraction of sp³-hybridized carbons (Fsp3) is 0.615. The van der Waals surface area contributed by atoms with Crippen LogP contribution >= 0.6 is 0 Å². The van der Waals surface area contributed by atoms with Gasteiger partial charge in [-0.05, 0) is 24.5 Å². The van der Waals surface area contributed by atoms with Gasteiger partial charge in [-0.1, -0.05) is 33.1 Å². The van der Waals surface area contributed by atoms with E-state index in [1.54, 1.807) is 12.1 Å². The van der Waals surface area contributed by atoms with Gasteiger partial charge >= 0.3 is 0 Å². The molecule has 0 radical (unpaired) electrons. The molecule has 6 heteroatoms. The van der Waals surface area contributed by atoms with Crippen molar-refractivity contribution < 1.29 is 4.79 Å². The number of hydrogen-bond donors (Lipinski definition) is 3. The number of rotatable bonds is 8. The summed E-state index contributed by atoms with van der Waals surface area (Å²) in [5.74, 6) is 5.96. The SMILES string of the molecule is CCCCC(CC)CNC(=O)c1ccc(NN)nn1. The van der Waals surface area contributed by atoms with Crippen LogP contribution in [0.4, 0.5) is 5.82 Å². The lowest BCUT2D eigenvalue weighted by molar-refractivity contribution is 0.0940. The predicted molar refractivity (Wildman–Crippen MR) is 75.5 cm³/mol. The zero-order valence-electron chi connectivity index (χ0n) is 11.6. The van der Waals surface area contributed by atoms with E-state index in [0.29, 0.717) is 24.0 Å². The first kappa shape index (κ1) is 15.4. The van der Waals surface area contributed by atoms with Gasteiger partial charge in [-0.3, -0.25) is 4.79 Å². The monoisotopic (exact) mass is 265 g/mol. The summed E-state index contributed by atoms with van der Waals surface area (Å²) in [6.07, 6.45) is 4.60. The molecule has 1 aromatic rings. The van der Waals surface area contributed by atoms with Crippen LogP contribution in [0.1, 0.15) is 50.0 Å². The summed E-state index contributed by atoms with van der Waals surface area (Å²) in [4.78, 5) is 11.9. The summed E-state index contributed by atoms with van der Waals surface area (Å²) in [6.45, 7) is 5.01. The Morgan fingerprint density at radius 1 is 1.37 bits per heavy atom. The van der Waals surface area contributed by atoms with Gasteiger partial charge in [0.1, 0.15) is 0 Å². The first-order chi connectivity index (χ1) is 9.21. The lowest BCUT2D eigenvalue weighted by Gasteiger charge is -2.14. The Hall–Kier alpha value is -1.69. The van der Waals surface area contributed by atoms with Crippen molar-refractivity contribution in [3.8, 4) is 0 Å². The Kier molecular flexibility index (Phi) is 6.81. The van der Waals surface area contributed by atoms with Crippen molar-refractivity contribution in [3.63, 3.8) is 0 Å². The third kappa shape index (κ3) is 5.21. The van der Waals surface area contributed by atoms with Crippen LogP contribution < -0.4 is 16.6 Å². The fourth-order valence-electron chi connectivity index (χ4n) is 1.80. The van der Waals surface area contributed by atoms with Crippen molar-refractivity contribution in [2.45, 2.75) is 39.5 Å². The summed E-state index contributed by atoms with van der Waals surface area (Å²) in [5.41, 5.74) is 2.68. The topological polar surface area (TPSA) is 92.9 Å². The van der Waals surface area contributed by atoms with E-state index in [4.69, 9.17) is 5.84 Å². The summed E-state index contributed by atoms with van der Waals surface area (Å²) < 4.78 is 0. The number of hydrogen-bond acceptors (Lipinski definition) is 5. The van der Waals surface area contributed by atoms with Crippen LogP contribution in [0.25, 0.3) is 0 Å². The highest BCUT2D eigenvalue weighted by Gasteiger charge is 2.11. The molecule has 0 saturated carbocycles. The number of carbonyl (C=O) groups is 1. The Morgan fingerprint density at radius 2 is 2.16 bits per heavy atom. The van der Waals surface area contributed by atoms with Gasteiger partial charge in [-0.15, -0.1) is 10.2 Å². The van der Waals surface area contributed by atoms with E-state index in [1.807, 2.05) is 0 Å². The second kappa shape index (κ2) is 8.42. The van der Waals surface area contributed by atoms with Crippen LogP contribution in [0, 0.1) is 5.92 Å². The number of carbonyl (C=O) groups excluding carboxylic acids is 1.